The van der Waals surface area contributed by atoms with Gasteiger partial charge < -0.3 is 25.2 Å². The van der Waals surface area contributed by atoms with Crippen molar-refractivity contribution in [1.29, 1.82) is 0 Å². The number of ether oxygens (including phenoxy) is 1. The number of likely N-dealkylation sites (tertiary alicyclic amines) is 2. The van der Waals surface area contributed by atoms with Crippen LogP contribution in [0.2, 0.25) is 0 Å². The van der Waals surface area contributed by atoms with E-state index in [4.69, 9.17) is 9.72 Å². The van der Waals surface area contributed by atoms with Crippen LogP contribution in [-0.4, -0.2) is 103 Å². The summed E-state index contributed by atoms with van der Waals surface area (Å²) in [5, 5.41) is 7.18. The number of fused-ring (bicyclic) bond motifs is 1. The molecule has 0 saturated carbocycles. The molecule has 4 aromatic rings. The highest BCUT2D eigenvalue weighted by atomic mass is 32.2. The molecule has 0 spiro atoms. The van der Waals surface area contributed by atoms with Crippen LogP contribution in [0, 0.1) is 0 Å². The predicted octanol–water partition coefficient (Wildman–Crippen LogP) is 3.93. The molecule has 0 amide bonds. The van der Waals surface area contributed by atoms with Crippen LogP contribution in [0.15, 0.2) is 64.5 Å². The number of benzene rings is 1. The van der Waals surface area contributed by atoms with Crippen LogP contribution in [0.3, 0.4) is 0 Å². The first-order valence-corrected chi connectivity index (χ1v) is 18.0. The number of nitrogens with zero attached hydrogens (tertiary/aromatic N) is 6. The van der Waals surface area contributed by atoms with Gasteiger partial charge in [-0.25, -0.2) is 13.4 Å². The number of anilines is 3. The Morgan fingerprint density at radius 1 is 0.851 bits per heavy atom. The molecule has 47 heavy (non-hydrogen) atoms. The molecule has 0 bridgehead atoms. The summed E-state index contributed by atoms with van der Waals surface area (Å²) >= 11 is 0. The lowest BCUT2D eigenvalue weighted by atomic mass is 10.1. The molecule has 1 atom stereocenters. The smallest absolute Gasteiger partial charge is 0.262 e. The molecule has 1 unspecified atom stereocenters. The molecule has 0 radical (unpaired) electrons. The average Bonchev–Trinajstić information content (AvgIpc) is 3.61. The van der Waals surface area contributed by atoms with Gasteiger partial charge in [-0.2, -0.15) is 4.98 Å². The Labute approximate surface area is 275 Å². The highest BCUT2D eigenvalue weighted by molar-refractivity contribution is 7.92. The third-order valence-corrected chi connectivity index (χ3v) is 12.0. The molecular weight excluding hydrogens is 616 g/mol. The Kier molecular flexibility index (Phi) is 8.97. The second-order valence-electron chi connectivity index (χ2n) is 13.1. The van der Waals surface area contributed by atoms with Gasteiger partial charge in [-0.3, -0.25) is 14.3 Å². The van der Waals surface area contributed by atoms with Crippen molar-refractivity contribution in [3.63, 3.8) is 0 Å². The van der Waals surface area contributed by atoms with E-state index < -0.39 is 15.1 Å². The van der Waals surface area contributed by atoms with Crippen LogP contribution in [0.5, 0.6) is 0 Å². The molecule has 6 heterocycles. The highest BCUT2D eigenvalue weighted by Crippen LogP contribution is 2.29. The fourth-order valence-corrected chi connectivity index (χ4v) is 8.47. The Morgan fingerprint density at radius 2 is 1.55 bits per heavy atom. The number of rotatable bonds is 8. The molecule has 248 valence electrons. The summed E-state index contributed by atoms with van der Waals surface area (Å²) in [5.74, 6) is 0.384. The summed E-state index contributed by atoms with van der Waals surface area (Å²) in [6.07, 6.45) is 7.20. The number of piperidine rings is 2. The zero-order valence-electron chi connectivity index (χ0n) is 26.9. The topological polar surface area (TPSA) is 135 Å². The van der Waals surface area contributed by atoms with E-state index in [-0.39, 0.29) is 16.5 Å². The third-order valence-electron chi connectivity index (χ3n) is 9.72. The Bertz CT molecular complexity index is 1880. The first-order valence-electron chi connectivity index (χ1n) is 16.5. The summed E-state index contributed by atoms with van der Waals surface area (Å²) in [5.41, 5.74) is 2.95. The Balaban J connectivity index is 1.15. The van der Waals surface area contributed by atoms with Gasteiger partial charge in [-0.05, 0) is 115 Å². The molecule has 13 heteroatoms. The maximum absolute atomic E-state index is 14.1. The van der Waals surface area contributed by atoms with E-state index in [0.717, 1.165) is 50.4 Å². The van der Waals surface area contributed by atoms with Crippen molar-refractivity contribution < 1.29 is 13.2 Å². The lowest BCUT2D eigenvalue weighted by Gasteiger charge is -2.30. The van der Waals surface area contributed by atoms with Crippen LogP contribution in [0.4, 0.5) is 17.3 Å². The predicted molar refractivity (Wildman–Crippen MR) is 183 cm³/mol. The van der Waals surface area contributed by atoms with E-state index in [2.05, 4.69) is 49.6 Å². The zero-order chi connectivity index (χ0) is 32.5. The van der Waals surface area contributed by atoms with Gasteiger partial charge in [-0.1, -0.05) is 0 Å². The molecule has 7 rings (SSSR count). The maximum atomic E-state index is 14.1. The average molecular weight is 659 g/mol. The molecule has 3 aliphatic rings. The van der Waals surface area contributed by atoms with Crippen molar-refractivity contribution in [3.05, 3.63) is 65.2 Å². The number of sulfone groups is 1. The number of nitrogens with one attached hydrogen (secondary N) is 2. The minimum absolute atomic E-state index is 0.186. The van der Waals surface area contributed by atoms with Crippen molar-refractivity contribution in [3.8, 4) is 11.3 Å². The monoisotopic (exact) mass is 658 g/mol. The first-order chi connectivity index (χ1) is 22.7. The largest absolute Gasteiger partial charge is 0.382 e. The summed E-state index contributed by atoms with van der Waals surface area (Å²) < 4.78 is 34.0. The van der Waals surface area contributed by atoms with Crippen molar-refractivity contribution in [2.75, 3.05) is 64.1 Å². The van der Waals surface area contributed by atoms with Crippen LogP contribution in [-0.2, 0) is 14.6 Å². The van der Waals surface area contributed by atoms with Crippen molar-refractivity contribution in [2.24, 2.45) is 0 Å². The van der Waals surface area contributed by atoms with E-state index >= 15 is 0 Å². The standard InChI is InChI=1S/C34H42N8O4S/c1-40-14-9-26(10-15-40)37-24-3-5-25(6-4-24)38-34-36-20-23-19-30(33(43)42(32(23)39-34)27-13-18-46-22-27)31-8-7-29(21-35-31)47(44,45)28-11-16-41(2)17-12-28/h3-8,19-21,26-28,37H,9-18,22H2,1-2H3,(H,36,38,39). The number of aromatic nitrogens is 4. The van der Waals surface area contributed by atoms with E-state index in [1.807, 2.05) is 19.2 Å². The second-order valence-corrected chi connectivity index (χ2v) is 15.3. The quantitative estimate of drug-likeness (QED) is 0.285. The summed E-state index contributed by atoms with van der Waals surface area (Å²) in [6, 6.07) is 13.3. The minimum atomic E-state index is -3.51. The highest BCUT2D eigenvalue weighted by Gasteiger charge is 2.31. The van der Waals surface area contributed by atoms with Crippen molar-refractivity contribution in [1.82, 2.24) is 29.3 Å². The van der Waals surface area contributed by atoms with Gasteiger partial charge in [0, 0.05) is 41.8 Å². The number of hydrogen-bond donors (Lipinski definition) is 2. The fraction of sp³-hybridized carbons (Fsp3) is 0.471. The number of pyridine rings is 2. The zero-order valence-corrected chi connectivity index (χ0v) is 27.7. The van der Waals surface area contributed by atoms with E-state index in [0.29, 0.717) is 66.8 Å². The van der Waals surface area contributed by atoms with Crippen LogP contribution < -0.4 is 16.2 Å². The van der Waals surface area contributed by atoms with Gasteiger partial charge in [0.2, 0.25) is 5.95 Å². The van der Waals surface area contributed by atoms with Gasteiger partial charge >= 0.3 is 0 Å². The van der Waals surface area contributed by atoms with E-state index in [9.17, 15) is 13.2 Å². The molecule has 0 aliphatic carbocycles. The fourth-order valence-electron chi connectivity index (χ4n) is 6.79. The number of hydrogen-bond acceptors (Lipinski definition) is 11. The lowest BCUT2D eigenvalue weighted by molar-refractivity contribution is 0.186. The van der Waals surface area contributed by atoms with E-state index in [1.54, 1.807) is 29.0 Å². The van der Waals surface area contributed by atoms with Crippen LogP contribution >= 0.6 is 0 Å². The van der Waals surface area contributed by atoms with Crippen molar-refractivity contribution in [2.45, 2.75) is 54.3 Å². The second kappa shape index (κ2) is 13.3. The first kappa shape index (κ1) is 31.7. The molecule has 3 aromatic heterocycles. The molecule has 3 saturated heterocycles. The minimum Gasteiger partial charge on any atom is -0.382 e. The molecule has 3 fully saturated rings. The van der Waals surface area contributed by atoms with Crippen LogP contribution in [0.25, 0.3) is 22.3 Å². The normalized spacial score (nSPS) is 20.5. The Morgan fingerprint density at radius 3 is 2.21 bits per heavy atom. The van der Waals surface area contributed by atoms with Gasteiger partial charge in [-0.15, -0.1) is 0 Å². The summed E-state index contributed by atoms with van der Waals surface area (Å²) in [6.45, 7) is 4.65. The molecule has 2 N–H and O–H groups in total. The summed E-state index contributed by atoms with van der Waals surface area (Å²) in [7, 11) is 0.651. The molecule has 1 aromatic carbocycles. The van der Waals surface area contributed by atoms with E-state index in [1.165, 1.54) is 6.20 Å². The summed E-state index contributed by atoms with van der Waals surface area (Å²) in [4.78, 5) is 32.6. The molecular formula is C34H42N8O4S. The Hall–Kier alpha value is -3.91. The maximum Gasteiger partial charge on any atom is 0.262 e. The van der Waals surface area contributed by atoms with Gasteiger partial charge in [0.1, 0.15) is 5.65 Å². The van der Waals surface area contributed by atoms with Gasteiger partial charge in [0.25, 0.3) is 5.56 Å². The van der Waals surface area contributed by atoms with Crippen LogP contribution in [0.1, 0.15) is 38.1 Å². The third kappa shape index (κ3) is 6.75. The molecule has 12 nitrogen and oxygen atoms in total. The van der Waals surface area contributed by atoms with Gasteiger partial charge in [0.05, 0.1) is 34.1 Å². The van der Waals surface area contributed by atoms with Gasteiger partial charge in [0.15, 0.2) is 9.84 Å². The molecule has 3 aliphatic heterocycles. The van der Waals surface area contributed by atoms with Crippen molar-refractivity contribution >= 4 is 38.2 Å². The lowest BCUT2D eigenvalue weighted by Crippen LogP contribution is -2.37. The SMILES string of the molecule is CN1CCC(Nc2ccc(Nc3ncc4cc(-c5ccc(S(=O)(=O)C6CCN(C)CC6)cn5)c(=O)n(C5CCOC5)c4n3)cc2)CC1.